The number of alkyl halides is 1. The Hall–Kier alpha value is -4.09. The molecule has 6 rings (SSSR count). The van der Waals surface area contributed by atoms with Gasteiger partial charge in [0.2, 0.25) is 0 Å². The first-order valence-electron chi connectivity index (χ1n) is 13.1. The van der Waals surface area contributed by atoms with Crippen LogP contribution in [-0.2, 0) is 6.54 Å². The molecular weight excluding hydrogens is 501 g/mol. The van der Waals surface area contributed by atoms with Crippen molar-refractivity contribution < 1.29 is 14.3 Å². The first-order chi connectivity index (χ1) is 18.9. The van der Waals surface area contributed by atoms with E-state index in [0.717, 1.165) is 16.8 Å². The maximum Gasteiger partial charge on any atom is 0.317 e. The van der Waals surface area contributed by atoms with Crippen LogP contribution in [0.15, 0.2) is 71.9 Å². The van der Waals surface area contributed by atoms with Crippen LogP contribution in [0.4, 0.5) is 9.18 Å². The van der Waals surface area contributed by atoms with E-state index in [0.29, 0.717) is 43.5 Å². The van der Waals surface area contributed by atoms with Crippen molar-refractivity contribution in [1.29, 1.82) is 0 Å². The van der Waals surface area contributed by atoms with E-state index in [9.17, 15) is 19.1 Å². The molecule has 2 aromatic heterocycles. The zero-order chi connectivity index (χ0) is 27.0. The van der Waals surface area contributed by atoms with E-state index in [2.05, 4.69) is 20.7 Å². The molecule has 2 saturated heterocycles. The highest BCUT2D eigenvalue weighted by atomic mass is 19.1. The summed E-state index contributed by atoms with van der Waals surface area (Å²) in [6.07, 6.45) is 2.41. The van der Waals surface area contributed by atoms with Crippen molar-refractivity contribution in [2.45, 2.75) is 37.2 Å². The van der Waals surface area contributed by atoms with Gasteiger partial charge in [0, 0.05) is 26.2 Å². The molecule has 3 N–H and O–H groups in total. The second-order valence-corrected chi connectivity index (χ2v) is 10.3. The number of rotatable bonds is 5. The minimum Gasteiger partial charge on any atom is -0.388 e. The number of urea groups is 1. The third-order valence-corrected chi connectivity index (χ3v) is 7.67. The SMILES string of the molecule is O=C(N[C@H]1CNCC1F)N1CCC(O)(Cn2cnc3c(cnn3-c3ccc(-c4ccccc4)cc3)c2=O)CC1. The number of hydrogen-bond acceptors (Lipinski definition) is 6. The number of carbonyl (C=O) groups is 1. The van der Waals surface area contributed by atoms with Crippen LogP contribution in [0.2, 0.25) is 0 Å². The number of nitrogens with zero attached hydrogens (tertiary/aromatic N) is 5. The summed E-state index contributed by atoms with van der Waals surface area (Å²) in [4.78, 5) is 31.9. The standard InChI is InChI=1S/C28H30FN7O3/c29-23-15-30-16-24(23)33-27(38)34-12-10-28(39,11-13-34)17-35-18-31-25-22(26(35)37)14-32-36(25)21-8-6-20(7-9-21)19-4-2-1-3-5-19/h1-9,14,18,23-24,30,39H,10-13,15-17H2,(H,33,38)/t23?,24-/m0/s1. The molecule has 2 aromatic carbocycles. The highest BCUT2D eigenvalue weighted by Crippen LogP contribution is 2.25. The van der Waals surface area contributed by atoms with Gasteiger partial charge in [0.15, 0.2) is 5.65 Å². The third-order valence-electron chi connectivity index (χ3n) is 7.67. The second-order valence-electron chi connectivity index (χ2n) is 10.3. The lowest BCUT2D eigenvalue weighted by molar-refractivity contribution is -0.0267. The monoisotopic (exact) mass is 531 g/mol. The first-order valence-corrected chi connectivity index (χ1v) is 13.1. The number of piperidine rings is 1. The molecule has 2 aliphatic rings. The molecule has 10 nitrogen and oxygen atoms in total. The Labute approximate surface area is 224 Å². The molecule has 0 spiro atoms. The van der Waals surface area contributed by atoms with Crippen LogP contribution >= 0.6 is 0 Å². The molecule has 0 saturated carbocycles. The number of carbonyl (C=O) groups excluding carboxylic acids is 1. The number of halogens is 1. The van der Waals surface area contributed by atoms with E-state index in [1.165, 1.54) is 17.1 Å². The van der Waals surface area contributed by atoms with Gasteiger partial charge in [-0.15, -0.1) is 0 Å². The number of benzene rings is 2. The van der Waals surface area contributed by atoms with Crippen molar-refractivity contribution in [2.24, 2.45) is 0 Å². The smallest absolute Gasteiger partial charge is 0.317 e. The summed E-state index contributed by atoms with van der Waals surface area (Å²) in [6, 6.07) is 17.1. The second kappa shape index (κ2) is 10.2. The fourth-order valence-electron chi connectivity index (χ4n) is 5.32. The molecular formula is C28H30FN7O3. The predicted molar refractivity (Wildman–Crippen MR) is 144 cm³/mol. The topological polar surface area (TPSA) is 117 Å². The first kappa shape index (κ1) is 25.2. The predicted octanol–water partition coefficient (Wildman–Crippen LogP) is 2.10. The molecule has 202 valence electrons. The van der Waals surface area contributed by atoms with Gasteiger partial charge in [-0.05, 0) is 36.1 Å². The molecule has 0 radical (unpaired) electrons. The van der Waals surface area contributed by atoms with Crippen molar-refractivity contribution in [3.05, 3.63) is 77.5 Å². The molecule has 39 heavy (non-hydrogen) atoms. The highest BCUT2D eigenvalue weighted by Gasteiger charge is 2.36. The Morgan fingerprint density at radius 3 is 2.49 bits per heavy atom. The molecule has 2 fully saturated rings. The molecule has 2 atom stereocenters. The van der Waals surface area contributed by atoms with Crippen LogP contribution in [0.25, 0.3) is 27.8 Å². The Bertz CT molecular complexity index is 1530. The van der Waals surface area contributed by atoms with Gasteiger partial charge in [-0.3, -0.25) is 9.36 Å². The fraction of sp³-hybridized carbons (Fsp3) is 0.357. The summed E-state index contributed by atoms with van der Waals surface area (Å²) in [6.45, 7) is 1.30. The third kappa shape index (κ3) is 5.02. The Balaban J connectivity index is 1.14. The number of hydrogen-bond donors (Lipinski definition) is 3. The maximum atomic E-state index is 13.8. The minimum atomic E-state index is -1.17. The lowest BCUT2D eigenvalue weighted by Gasteiger charge is -2.38. The summed E-state index contributed by atoms with van der Waals surface area (Å²) in [5, 5.41) is 21.6. The average Bonchev–Trinajstić information content (AvgIpc) is 3.57. The number of fused-ring (bicyclic) bond motifs is 1. The van der Waals surface area contributed by atoms with E-state index >= 15 is 0 Å². The molecule has 0 bridgehead atoms. The van der Waals surface area contributed by atoms with Crippen molar-refractivity contribution in [3.63, 3.8) is 0 Å². The lowest BCUT2D eigenvalue weighted by Crippen LogP contribution is -2.54. The lowest BCUT2D eigenvalue weighted by atomic mass is 9.91. The van der Waals surface area contributed by atoms with Crippen LogP contribution in [-0.4, -0.2) is 79.4 Å². The Kier molecular flexibility index (Phi) is 6.61. The summed E-state index contributed by atoms with van der Waals surface area (Å²) in [5.41, 5.74) is 1.95. The van der Waals surface area contributed by atoms with E-state index in [1.807, 2.05) is 54.6 Å². The molecule has 0 aliphatic carbocycles. The van der Waals surface area contributed by atoms with E-state index < -0.39 is 17.8 Å². The number of aliphatic hydroxyl groups is 1. The molecule has 1 unspecified atom stereocenters. The van der Waals surface area contributed by atoms with Gasteiger partial charge in [0.1, 0.15) is 17.9 Å². The number of aromatic nitrogens is 4. The largest absolute Gasteiger partial charge is 0.388 e. The summed E-state index contributed by atoms with van der Waals surface area (Å²) < 4.78 is 16.9. The van der Waals surface area contributed by atoms with Crippen molar-refractivity contribution in [3.8, 4) is 16.8 Å². The van der Waals surface area contributed by atoms with Gasteiger partial charge in [0.05, 0.1) is 30.1 Å². The number of amides is 2. The summed E-state index contributed by atoms with van der Waals surface area (Å²) in [5.74, 6) is 0. The van der Waals surface area contributed by atoms with Crippen LogP contribution in [0, 0.1) is 0 Å². The zero-order valence-corrected chi connectivity index (χ0v) is 21.3. The van der Waals surface area contributed by atoms with Gasteiger partial charge in [-0.25, -0.2) is 18.9 Å². The summed E-state index contributed by atoms with van der Waals surface area (Å²) in [7, 11) is 0. The van der Waals surface area contributed by atoms with Gasteiger partial charge >= 0.3 is 6.03 Å². The van der Waals surface area contributed by atoms with Gasteiger partial charge in [0.25, 0.3) is 5.56 Å². The van der Waals surface area contributed by atoms with Crippen LogP contribution in [0.3, 0.4) is 0 Å². The number of nitrogens with one attached hydrogen (secondary N) is 2. The molecule has 4 aromatic rings. The fourth-order valence-corrected chi connectivity index (χ4v) is 5.32. The van der Waals surface area contributed by atoms with E-state index in [-0.39, 0.29) is 24.7 Å². The quantitative estimate of drug-likeness (QED) is 0.363. The highest BCUT2D eigenvalue weighted by molar-refractivity contribution is 5.76. The Morgan fingerprint density at radius 2 is 1.79 bits per heavy atom. The van der Waals surface area contributed by atoms with E-state index in [1.54, 1.807) is 9.58 Å². The maximum absolute atomic E-state index is 13.8. The van der Waals surface area contributed by atoms with Crippen molar-refractivity contribution >= 4 is 17.1 Å². The minimum absolute atomic E-state index is 0.0558. The zero-order valence-electron chi connectivity index (χ0n) is 21.3. The van der Waals surface area contributed by atoms with Crippen LogP contribution in [0.5, 0.6) is 0 Å². The van der Waals surface area contributed by atoms with Gasteiger partial charge in [-0.1, -0.05) is 42.5 Å². The molecule has 11 heteroatoms. The Morgan fingerprint density at radius 1 is 1.08 bits per heavy atom. The van der Waals surface area contributed by atoms with E-state index in [4.69, 9.17) is 0 Å². The van der Waals surface area contributed by atoms with Crippen molar-refractivity contribution in [2.75, 3.05) is 26.2 Å². The summed E-state index contributed by atoms with van der Waals surface area (Å²) >= 11 is 0. The average molecular weight is 532 g/mol. The van der Waals surface area contributed by atoms with Gasteiger partial charge in [-0.2, -0.15) is 5.10 Å². The van der Waals surface area contributed by atoms with Crippen LogP contribution < -0.4 is 16.2 Å². The van der Waals surface area contributed by atoms with Crippen LogP contribution in [0.1, 0.15) is 12.8 Å². The molecule has 4 heterocycles. The number of likely N-dealkylation sites (tertiary alicyclic amines) is 1. The molecule has 2 amide bonds. The van der Waals surface area contributed by atoms with Gasteiger partial charge < -0.3 is 20.6 Å². The normalized spacial score (nSPS) is 20.8. The van der Waals surface area contributed by atoms with Crippen molar-refractivity contribution in [1.82, 2.24) is 34.9 Å². The molecule has 2 aliphatic heterocycles.